The van der Waals surface area contributed by atoms with E-state index in [0.29, 0.717) is 12.0 Å². The Labute approximate surface area is 110 Å². The molecular weight excluding hydrogens is 253 g/mol. The SMILES string of the molecule is NNC(Cc1cccc(Cl)c1F)c1ccncc1. The molecule has 1 atom stereocenters. The molecular formula is C13H13ClFN3. The van der Waals surface area contributed by atoms with Crippen LogP contribution in [0, 0.1) is 5.82 Å². The van der Waals surface area contributed by atoms with E-state index < -0.39 is 5.82 Å². The first-order valence-corrected chi connectivity index (χ1v) is 5.89. The monoisotopic (exact) mass is 265 g/mol. The van der Waals surface area contributed by atoms with E-state index in [9.17, 15) is 4.39 Å². The van der Waals surface area contributed by atoms with Gasteiger partial charge in [0.2, 0.25) is 0 Å². The maximum absolute atomic E-state index is 13.8. The molecule has 3 N–H and O–H groups in total. The molecule has 2 aromatic rings. The van der Waals surface area contributed by atoms with Gasteiger partial charge < -0.3 is 0 Å². The van der Waals surface area contributed by atoms with Gasteiger partial charge in [-0.1, -0.05) is 23.7 Å². The van der Waals surface area contributed by atoms with E-state index in [-0.39, 0.29) is 11.1 Å². The Kier molecular flexibility index (Phi) is 4.25. The Balaban J connectivity index is 2.24. The third kappa shape index (κ3) is 2.85. The number of hydrogen-bond acceptors (Lipinski definition) is 3. The minimum absolute atomic E-state index is 0.123. The third-order valence-corrected chi connectivity index (χ3v) is 3.06. The molecule has 3 nitrogen and oxygen atoms in total. The number of rotatable bonds is 4. The first kappa shape index (κ1) is 13.0. The minimum atomic E-state index is -0.395. The summed E-state index contributed by atoms with van der Waals surface area (Å²) in [7, 11) is 0. The van der Waals surface area contributed by atoms with E-state index in [1.54, 1.807) is 24.5 Å². The van der Waals surface area contributed by atoms with Crippen molar-refractivity contribution in [3.63, 3.8) is 0 Å². The number of pyridine rings is 1. The predicted molar refractivity (Wildman–Crippen MR) is 69.4 cm³/mol. The second-order valence-electron chi connectivity index (χ2n) is 3.92. The summed E-state index contributed by atoms with van der Waals surface area (Å²) in [5, 5.41) is 0.123. The summed E-state index contributed by atoms with van der Waals surface area (Å²) in [6.07, 6.45) is 3.77. The Hall–Kier alpha value is -1.49. The van der Waals surface area contributed by atoms with Gasteiger partial charge in [0.15, 0.2) is 0 Å². The van der Waals surface area contributed by atoms with E-state index in [1.807, 2.05) is 12.1 Å². The minimum Gasteiger partial charge on any atom is -0.271 e. The van der Waals surface area contributed by atoms with Crippen LogP contribution in [-0.4, -0.2) is 4.98 Å². The maximum atomic E-state index is 13.8. The number of nitrogens with zero attached hydrogens (tertiary/aromatic N) is 1. The number of halogens is 2. The van der Waals surface area contributed by atoms with Gasteiger partial charge in [0.05, 0.1) is 11.1 Å². The van der Waals surface area contributed by atoms with Gasteiger partial charge in [-0.25, -0.2) is 4.39 Å². The first-order chi connectivity index (χ1) is 8.72. The van der Waals surface area contributed by atoms with Crippen molar-refractivity contribution in [3.05, 3.63) is 64.7 Å². The van der Waals surface area contributed by atoms with Crippen LogP contribution in [-0.2, 0) is 6.42 Å². The van der Waals surface area contributed by atoms with Crippen molar-refractivity contribution in [2.24, 2.45) is 5.84 Å². The van der Waals surface area contributed by atoms with Gasteiger partial charge in [-0.15, -0.1) is 0 Å². The third-order valence-electron chi connectivity index (χ3n) is 2.77. The van der Waals surface area contributed by atoms with Crippen LogP contribution >= 0.6 is 11.6 Å². The zero-order valence-electron chi connectivity index (χ0n) is 9.61. The highest BCUT2D eigenvalue weighted by molar-refractivity contribution is 6.30. The van der Waals surface area contributed by atoms with Gasteiger partial charge in [-0.2, -0.15) is 0 Å². The zero-order chi connectivity index (χ0) is 13.0. The molecule has 0 aliphatic heterocycles. The molecule has 94 valence electrons. The number of hydrogen-bond donors (Lipinski definition) is 2. The summed E-state index contributed by atoms with van der Waals surface area (Å²) in [5.74, 6) is 5.12. The van der Waals surface area contributed by atoms with Crippen LogP contribution in [0.1, 0.15) is 17.2 Å². The summed E-state index contributed by atoms with van der Waals surface area (Å²) >= 11 is 5.75. The average molecular weight is 266 g/mol. The highest BCUT2D eigenvalue weighted by Gasteiger charge is 2.14. The standard InChI is InChI=1S/C13H13ClFN3/c14-11-3-1-2-10(13(11)15)8-12(18-16)9-4-6-17-7-5-9/h1-7,12,18H,8,16H2. The van der Waals surface area contributed by atoms with Crippen LogP contribution < -0.4 is 11.3 Å². The van der Waals surface area contributed by atoms with Gasteiger partial charge in [0, 0.05) is 12.4 Å². The van der Waals surface area contributed by atoms with E-state index in [2.05, 4.69) is 10.4 Å². The quantitative estimate of drug-likeness (QED) is 0.660. The van der Waals surface area contributed by atoms with E-state index in [4.69, 9.17) is 17.4 Å². The molecule has 0 amide bonds. The lowest BCUT2D eigenvalue weighted by atomic mass is 10.00. The maximum Gasteiger partial charge on any atom is 0.145 e. The van der Waals surface area contributed by atoms with Crippen LogP contribution in [0.5, 0.6) is 0 Å². The van der Waals surface area contributed by atoms with E-state index >= 15 is 0 Å². The second-order valence-corrected chi connectivity index (χ2v) is 4.32. The van der Waals surface area contributed by atoms with Gasteiger partial charge in [0.25, 0.3) is 0 Å². The number of aromatic nitrogens is 1. The first-order valence-electron chi connectivity index (χ1n) is 5.51. The molecule has 5 heteroatoms. The van der Waals surface area contributed by atoms with E-state index in [0.717, 1.165) is 5.56 Å². The van der Waals surface area contributed by atoms with Crippen molar-refractivity contribution < 1.29 is 4.39 Å². The fourth-order valence-electron chi connectivity index (χ4n) is 1.79. The molecule has 18 heavy (non-hydrogen) atoms. The van der Waals surface area contributed by atoms with Crippen molar-refractivity contribution in [1.82, 2.24) is 10.4 Å². The summed E-state index contributed by atoms with van der Waals surface area (Å²) in [6.45, 7) is 0. The lowest BCUT2D eigenvalue weighted by Gasteiger charge is -2.16. The van der Waals surface area contributed by atoms with Gasteiger partial charge in [0.1, 0.15) is 5.82 Å². The molecule has 0 saturated heterocycles. The fraction of sp³-hybridized carbons (Fsp3) is 0.154. The highest BCUT2D eigenvalue weighted by atomic mass is 35.5. The van der Waals surface area contributed by atoms with Gasteiger partial charge in [-0.05, 0) is 35.7 Å². The summed E-state index contributed by atoms with van der Waals surface area (Å²) < 4.78 is 13.8. The Bertz CT molecular complexity index is 519. The molecule has 0 bridgehead atoms. The van der Waals surface area contributed by atoms with Crippen LogP contribution in [0.15, 0.2) is 42.7 Å². The Morgan fingerprint density at radius 1 is 1.28 bits per heavy atom. The largest absolute Gasteiger partial charge is 0.271 e. The molecule has 0 radical (unpaired) electrons. The molecule has 0 aliphatic carbocycles. The number of nitrogens with one attached hydrogen (secondary N) is 1. The predicted octanol–water partition coefficient (Wildman–Crippen LogP) is 2.62. The summed E-state index contributed by atoms with van der Waals surface area (Å²) in [6, 6.07) is 8.45. The van der Waals surface area contributed by atoms with Crippen LogP contribution in [0.4, 0.5) is 4.39 Å². The van der Waals surface area contributed by atoms with Crippen molar-refractivity contribution in [1.29, 1.82) is 0 Å². The zero-order valence-corrected chi connectivity index (χ0v) is 10.4. The smallest absolute Gasteiger partial charge is 0.145 e. The topological polar surface area (TPSA) is 50.9 Å². The lowest BCUT2D eigenvalue weighted by Crippen LogP contribution is -2.29. The summed E-state index contributed by atoms with van der Waals surface area (Å²) in [4.78, 5) is 3.94. The molecule has 1 aromatic heterocycles. The van der Waals surface area contributed by atoms with Crippen LogP contribution in [0.3, 0.4) is 0 Å². The van der Waals surface area contributed by atoms with Crippen molar-refractivity contribution >= 4 is 11.6 Å². The average Bonchev–Trinajstić information content (AvgIpc) is 2.41. The van der Waals surface area contributed by atoms with Gasteiger partial charge in [-0.3, -0.25) is 16.3 Å². The van der Waals surface area contributed by atoms with Crippen molar-refractivity contribution in [3.8, 4) is 0 Å². The molecule has 0 fully saturated rings. The lowest BCUT2D eigenvalue weighted by molar-refractivity contribution is 0.529. The van der Waals surface area contributed by atoms with Crippen molar-refractivity contribution in [2.75, 3.05) is 0 Å². The molecule has 2 rings (SSSR count). The number of nitrogens with two attached hydrogens (primary N) is 1. The summed E-state index contributed by atoms with van der Waals surface area (Å²) in [5.41, 5.74) is 4.16. The number of benzene rings is 1. The molecule has 1 heterocycles. The Morgan fingerprint density at radius 2 is 2.00 bits per heavy atom. The van der Waals surface area contributed by atoms with Crippen molar-refractivity contribution in [2.45, 2.75) is 12.5 Å². The normalized spacial score (nSPS) is 12.4. The van der Waals surface area contributed by atoms with E-state index in [1.165, 1.54) is 6.07 Å². The molecule has 0 aliphatic rings. The van der Waals surface area contributed by atoms with Crippen LogP contribution in [0.2, 0.25) is 5.02 Å². The molecule has 0 saturated carbocycles. The van der Waals surface area contributed by atoms with Gasteiger partial charge >= 0.3 is 0 Å². The molecule has 1 aromatic carbocycles. The second kappa shape index (κ2) is 5.91. The highest BCUT2D eigenvalue weighted by Crippen LogP contribution is 2.23. The number of hydrazine groups is 1. The molecule has 0 spiro atoms. The fourth-order valence-corrected chi connectivity index (χ4v) is 1.99. The Morgan fingerprint density at radius 3 is 2.67 bits per heavy atom. The van der Waals surface area contributed by atoms with Crippen LogP contribution in [0.25, 0.3) is 0 Å². The molecule has 1 unspecified atom stereocenters.